The monoisotopic (exact) mass is 604 g/mol. The maximum absolute atomic E-state index is 14.4. The summed E-state index contributed by atoms with van der Waals surface area (Å²) in [7, 11) is 0. The molecule has 44 heavy (non-hydrogen) atoms. The van der Waals surface area contributed by atoms with Gasteiger partial charge in [-0.25, -0.2) is 18.6 Å². The van der Waals surface area contributed by atoms with Crippen molar-refractivity contribution in [1.29, 1.82) is 10.5 Å². The number of carbonyl (C=O) groups excluding carboxylic acids is 2. The SMILES string of the molecule is N#Cc1ccc(OC2CN(C(=O)C3CCC(CN4CC5(CCN(Cc6c(F)cc(C#N)cc6F)CC5)OC4=O)CC3)C2)nc1. The van der Waals surface area contributed by atoms with Crippen LogP contribution in [-0.4, -0.2) is 82.7 Å². The number of ether oxygens (including phenoxy) is 2. The van der Waals surface area contributed by atoms with Crippen LogP contribution in [-0.2, 0) is 16.1 Å². The van der Waals surface area contributed by atoms with Crippen LogP contribution in [0.2, 0.25) is 0 Å². The fourth-order valence-electron chi connectivity index (χ4n) is 6.80. The Bertz CT molecular complexity index is 1460. The van der Waals surface area contributed by atoms with Gasteiger partial charge >= 0.3 is 6.09 Å². The van der Waals surface area contributed by atoms with Crippen molar-refractivity contribution in [3.8, 4) is 18.0 Å². The molecule has 6 rings (SSSR count). The Labute approximate surface area is 254 Å². The van der Waals surface area contributed by atoms with Crippen LogP contribution in [0.1, 0.15) is 55.2 Å². The van der Waals surface area contributed by atoms with Crippen LogP contribution in [0.5, 0.6) is 5.88 Å². The molecule has 2 aromatic rings. The van der Waals surface area contributed by atoms with E-state index in [2.05, 4.69) is 4.98 Å². The van der Waals surface area contributed by atoms with Crippen LogP contribution >= 0.6 is 0 Å². The average Bonchev–Trinajstić information content (AvgIpc) is 3.31. The fraction of sp³-hybridized carbons (Fsp3) is 0.531. The molecule has 1 saturated carbocycles. The molecule has 0 radical (unpaired) electrons. The average molecular weight is 605 g/mol. The number of pyridine rings is 1. The summed E-state index contributed by atoms with van der Waals surface area (Å²) in [6.45, 7) is 3.33. The van der Waals surface area contributed by atoms with E-state index in [4.69, 9.17) is 20.0 Å². The highest BCUT2D eigenvalue weighted by atomic mass is 19.1. The van der Waals surface area contributed by atoms with Crippen molar-refractivity contribution in [2.75, 3.05) is 39.3 Å². The Morgan fingerprint density at radius 2 is 1.73 bits per heavy atom. The minimum atomic E-state index is -0.725. The Kier molecular flexibility index (Phi) is 8.37. The van der Waals surface area contributed by atoms with Crippen molar-refractivity contribution in [3.05, 3.63) is 58.8 Å². The van der Waals surface area contributed by atoms with Crippen molar-refractivity contribution >= 4 is 12.0 Å². The number of rotatable bonds is 7. The number of aromatic nitrogens is 1. The zero-order valence-electron chi connectivity index (χ0n) is 24.4. The molecule has 4 heterocycles. The molecule has 3 aliphatic heterocycles. The normalized spacial score (nSPS) is 23.5. The Morgan fingerprint density at radius 3 is 2.34 bits per heavy atom. The van der Waals surface area contributed by atoms with Gasteiger partial charge in [0.05, 0.1) is 36.8 Å². The largest absolute Gasteiger partial charge is 0.471 e. The van der Waals surface area contributed by atoms with Gasteiger partial charge in [0.1, 0.15) is 29.4 Å². The molecule has 0 N–H and O–H groups in total. The number of piperidine rings is 1. The Hall–Kier alpha value is -4.29. The van der Waals surface area contributed by atoms with Crippen LogP contribution in [0, 0.1) is 46.1 Å². The predicted octanol–water partition coefficient (Wildman–Crippen LogP) is 3.99. The van der Waals surface area contributed by atoms with Gasteiger partial charge < -0.3 is 19.3 Å². The molecule has 1 aliphatic carbocycles. The number of likely N-dealkylation sites (tertiary alicyclic amines) is 2. The highest BCUT2D eigenvalue weighted by molar-refractivity contribution is 5.79. The number of nitriles is 2. The van der Waals surface area contributed by atoms with Gasteiger partial charge in [0.15, 0.2) is 0 Å². The van der Waals surface area contributed by atoms with Gasteiger partial charge in [-0.3, -0.25) is 9.69 Å². The number of hydrogen-bond acceptors (Lipinski definition) is 8. The molecule has 1 aromatic heterocycles. The zero-order chi connectivity index (χ0) is 30.8. The molecule has 10 nitrogen and oxygen atoms in total. The van der Waals surface area contributed by atoms with Crippen molar-refractivity contribution in [1.82, 2.24) is 19.7 Å². The standard InChI is InChI=1S/C32H34F2N6O4/c33-27-11-23(14-36)12-28(34)26(27)19-38-9-7-32(8-10-38)20-40(31(42)44-32)16-21-1-4-24(5-2-21)30(41)39-17-25(18-39)43-29-6-3-22(13-35)15-37-29/h3,6,11-12,15,21,24-25H,1-2,4-5,7-10,16-20H2. The third-order valence-corrected chi connectivity index (χ3v) is 9.45. The lowest BCUT2D eigenvalue weighted by Gasteiger charge is -2.41. The van der Waals surface area contributed by atoms with Gasteiger partial charge in [-0.05, 0) is 49.8 Å². The molecule has 0 atom stereocenters. The number of nitrogens with zero attached hydrogens (tertiary/aromatic N) is 6. The molecule has 0 bridgehead atoms. The summed E-state index contributed by atoms with van der Waals surface area (Å²) in [4.78, 5) is 35.6. The van der Waals surface area contributed by atoms with Crippen molar-refractivity contribution in [3.63, 3.8) is 0 Å². The molecule has 230 valence electrons. The smallest absolute Gasteiger partial charge is 0.410 e. The second kappa shape index (κ2) is 12.4. The highest BCUT2D eigenvalue weighted by Crippen LogP contribution is 2.37. The van der Waals surface area contributed by atoms with E-state index in [0.717, 1.165) is 37.8 Å². The summed E-state index contributed by atoms with van der Waals surface area (Å²) in [5.41, 5.74) is -0.225. The summed E-state index contributed by atoms with van der Waals surface area (Å²) in [6, 6.07) is 9.20. The minimum absolute atomic E-state index is 0.0211. The maximum atomic E-state index is 14.4. The molecule has 4 fully saturated rings. The van der Waals surface area contributed by atoms with E-state index in [1.807, 2.05) is 15.9 Å². The number of benzene rings is 1. The van der Waals surface area contributed by atoms with Crippen LogP contribution in [0.4, 0.5) is 13.6 Å². The van der Waals surface area contributed by atoms with Crippen LogP contribution in [0.25, 0.3) is 0 Å². The third kappa shape index (κ3) is 6.31. The quantitative estimate of drug-likeness (QED) is 0.465. The van der Waals surface area contributed by atoms with Crippen LogP contribution in [0.3, 0.4) is 0 Å². The second-order valence-electron chi connectivity index (χ2n) is 12.4. The lowest BCUT2D eigenvalue weighted by Crippen LogP contribution is -2.58. The van der Waals surface area contributed by atoms with E-state index in [-0.39, 0.29) is 41.7 Å². The van der Waals surface area contributed by atoms with Crippen molar-refractivity contribution in [2.45, 2.75) is 56.8 Å². The topological polar surface area (TPSA) is 123 Å². The molecular weight excluding hydrogens is 570 g/mol. The number of halogens is 2. The number of hydrogen-bond donors (Lipinski definition) is 0. The Balaban J connectivity index is 0.920. The van der Waals surface area contributed by atoms with Gasteiger partial charge in [0.25, 0.3) is 0 Å². The molecule has 3 saturated heterocycles. The molecule has 1 aromatic carbocycles. The summed E-state index contributed by atoms with van der Waals surface area (Å²) in [5, 5.41) is 17.8. The molecule has 0 unspecified atom stereocenters. The van der Waals surface area contributed by atoms with E-state index in [1.165, 1.54) is 6.20 Å². The maximum Gasteiger partial charge on any atom is 0.410 e. The lowest BCUT2D eigenvalue weighted by molar-refractivity contribution is -0.146. The van der Waals surface area contributed by atoms with Gasteiger partial charge in [-0.15, -0.1) is 0 Å². The van der Waals surface area contributed by atoms with Crippen LogP contribution in [0.15, 0.2) is 30.5 Å². The van der Waals surface area contributed by atoms with Crippen molar-refractivity contribution in [2.24, 2.45) is 11.8 Å². The molecular formula is C32H34F2N6O4. The molecule has 2 amide bonds. The van der Waals surface area contributed by atoms with E-state index in [1.54, 1.807) is 23.1 Å². The zero-order valence-corrected chi connectivity index (χ0v) is 24.4. The first-order valence-electron chi connectivity index (χ1n) is 15.1. The van der Waals surface area contributed by atoms with Gasteiger partial charge in [0.2, 0.25) is 11.8 Å². The summed E-state index contributed by atoms with van der Waals surface area (Å²) < 4.78 is 40.5. The Morgan fingerprint density at radius 1 is 1.05 bits per heavy atom. The first-order chi connectivity index (χ1) is 21.2. The van der Waals surface area contributed by atoms with E-state index >= 15 is 0 Å². The van der Waals surface area contributed by atoms with Gasteiger partial charge in [0, 0.05) is 62.8 Å². The van der Waals surface area contributed by atoms with Gasteiger partial charge in [-0.2, -0.15) is 10.5 Å². The summed E-state index contributed by atoms with van der Waals surface area (Å²) >= 11 is 0. The highest BCUT2D eigenvalue weighted by Gasteiger charge is 2.47. The molecule has 12 heteroatoms. The third-order valence-electron chi connectivity index (χ3n) is 9.45. The number of carbonyl (C=O) groups is 2. The molecule has 1 spiro atoms. The van der Waals surface area contributed by atoms with Crippen LogP contribution < -0.4 is 4.74 Å². The van der Waals surface area contributed by atoms with E-state index in [9.17, 15) is 18.4 Å². The van der Waals surface area contributed by atoms with Crippen molar-refractivity contribution < 1.29 is 27.8 Å². The number of amides is 2. The fourth-order valence-corrected chi connectivity index (χ4v) is 6.80. The minimum Gasteiger partial charge on any atom is -0.471 e. The summed E-state index contributed by atoms with van der Waals surface area (Å²) in [6.07, 6.45) is 5.51. The van der Waals surface area contributed by atoms with E-state index in [0.29, 0.717) is 69.5 Å². The van der Waals surface area contributed by atoms with Gasteiger partial charge in [-0.1, -0.05) is 0 Å². The first kappa shape index (κ1) is 29.8. The predicted molar refractivity (Wildman–Crippen MR) is 152 cm³/mol. The summed E-state index contributed by atoms with van der Waals surface area (Å²) in [5.74, 6) is -0.563. The lowest BCUT2D eigenvalue weighted by atomic mass is 9.80. The second-order valence-corrected chi connectivity index (χ2v) is 12.4. The van der Waals surface area contributed by atoms with E-state index < -0.39 is 17.2 Å². The molecule has 4 aliphatic rings. The first-order valence-corrected chi connectivity index (χ1v) is 15.1.